The maximum Gasteiger partial charge on any atom is 0.161 e. The summed E-state index contributed by atoms with van der Waals surface area (Å²) in [6.45, 7) is 5.34. The van der Waals surface area contributed by atoms with E-state index < -0.39 is 6.10 Å². The molecule has 1 N–H and O–H groups in total. The molecule has 0 saturated carbocycles. The van der Waals surface area contributed by atoms with Gasteiger partial charge in [-0.25, -0.2) is 0 Å². The number of piperazine rings is 1. The Bertz CT molecular complexity index is 820. The van der Waals surface area contributed by atoms with Crippen molar-refractivity contribution in [3.63, 3.8) is 0 Å². The van der Waals surface area contributed by atoms with Crippen molar-refractivity contribution in [1.29, 1.82) is 0 Å². The van der Waals surface area contributed by atoms with Gasteiger partial charge in [-0.1, -0.05) is 24.3 Å². The number of hydrogen-bond acceptors (Lipinski definition) is 7. The van der Waals surface area contributed by atoms with Crippen molar-refractivity contribution in [2.24, 2.45) is 0 Å². The van der Waals surface area contributed by atoms with Crippen LogP contribution in [-0.2, 0) is 4.74 Å². The Labute approximate surface area is 202 Å². The quantitative estimate of drug-likeness (QED) is 0.410. The normalized spacial score (nSPS) is 18.8. The molecule has 2 aliphatic rings. The van der Waals surface area contributed by atoms with E-state index in [1.165, 1.54) is 0 Å². The highest BCUT2D eigenvalue weighted by Crippen LogP contribution is 2.31. The Morgan fingerprint density at radius 1 is 1.00 bits per heavy atom. The molecular formula is C23H30Cl2N2O5-2. The van der Waals surface area contributed by atoms with Crippen molar-refractivity contribution in [2.45, 2.75) is 12.2 Å². The molecule has 0 spiro atoms. The number of ether oxygens (including phenoxy) is 4. The molecule has 2 aromatic rings. The number of methoxy groups -OCH3 is 1. The second-order valence-electron chi connectivity index (χ2n) is 7.65. The van der Waals surface area contributed by atoms with Gasteiger partial charge in [0.25, 0.3) is 0 Å². The van der Waals surface area contributed by atoms with E-state index in [2.05, 4.69) is 15.9 Å². The van der Waals surface area contributed by atoms with Gasteiger partial charge >= 0.3 is 0 Å². The standard InChI is InChI=1S/C23H30N2O5.2ClH/c1-27-21-7-3-2-6-20(21)25-12-10-24(11-13-25)14-18(26)15-28-16-19-17-29-22-8-4-5-9-23(22)30-19;;/h2-9,18-19,26H,10-17H2,1H3;2*1H/p-2. The summed E-state index contributed by atoms with van der Waals surface area (Å²) in [5, 5.41) is 10.4. The fourth-order valence-electron chi connectivity index (χ4n) is 3.89. The predicted octanol–water partition coefficient (Wildman–Crippen LogP) is -3.96. The maximum absolute atomic E-state index is 10.4. The number of anilines is 1. The Kier molecular flexibility index (Phi) is 10.7. The lowest BCUT2D eigenvalue weighted by atomic mass is 10.2. The fraction of sp³-hybridized carbons (Fsp3) is 0.478. The maximum atomic E-state index is 10.4. The molecule has 2 aliphatic heterocycles. The van der Waals surface area contributed by atoms with E-state index in [-0.39, 0.29) is 37.5 Å². The topological polar surface area (TPSA) is 63.6 Å². The second kappa shape index (κ2) is 13.0. The molecule has 2 aromatic carbocycles. The summed E-state index contributed by atoms with van der Waals surface area (Å²) < 4.78 is 22.7. The van der Waals surface area contributed by atoms with Crippen LogP contribution in [0, 0.1) is 0 Å². The molecular weight excluding hydrogens is 455 g/mol. The number of hydrogen-bond donors (Lipinski definition) is 1. The molecule has 0 aliphatic carbocycles. The summed E-state index contributed by atoms with van der Waals surface area (Å²) in [4.78, 5) is 4.60. The van der Waals surface area contributed by atoms with Gasteiger partial charge in [0.15, 0.2) is 17.6 Å². The van der Waals surface area contributed by atoms with Crippen LogP contribution in [0.5, 0.6) is 17.2 Å². The van der Waals surface area contributed by atoms with E-state index in [4.69, 9.17) is 18.9 Å². The molecule has 9 heteroatoms. The fourth-order valence-corrected chi connectivity index (χ4v) is 3.89. The Morgan fingerprint density at radius 3 is 2.44 bits per heavy atom. The van der Waals surface area contributed by atoms with E-state index in [1.807, 2.05) is 42.5 Å². The van der Waals surface area contributed by atoms with Gasteiger partial charge in [0.05, 0.1) is 32.1 Å². The Balaban J connectivity index is 0.00000181. The van der Waals surface area contributed by atoms with Crippen LogP contribution >= 0.6 is 0 Å². The smallest absolute Gasteiger partial charge is 0.161 e. The monoisotopic (exact) mass is 484 g/mol. The van der Waals surface area contributed by atoms with Crippen molar-refractivity contribution < 1.29 is 48.9 Å². The molecule has 0 bridgehead atoms. The molecule has 0 radical (unpaired) electrons. The first kappa shape index (κ1) is 26.4. The van der Waals surface area contributed by atoms with Crippen LogP contribution < -0.4 is 43.9 Å². The van der Waals surface area contributed by atoms with Crippen LogP contribution in [0.3, 0.4) is 0 Å². The van der Waals surface area contributed by atoms with Gasteiger partial charge in [-0.3, -0.25) is 4.90 Å². The highest BCUT2D eigenvalue weighted by Gasteiger charge is 2.23. The van der Waals surface area contributed by atoms with Crippen LogP contribution in [-0.4, -0.2) is 81.9 Å². The van der Waals surface area contributed by atoms with Gasteiger partial charge in [-0.15, -0.1) is 0 Å². The number of β-amino-alcohol motifs (C(OH)–C–C–N with tert-alkyl or cyclic N) is 1. The summed E-state index contributed by atoms with van der Waals surface area (Å²) in [5.74, 6) is 2.41. The molecule has 0 amide bonds. The predicted molar refractivity (Wildman–Crippen MR) is 115 cm³/mol. The number of rotatable bonds is 8. The summed E-state index contributed by atoms with van der Waals surface area (Å²) >= 11 is 0. The average molecular weight is 485 g/mol. The molecule has 1 fully saturated rings. The summed E-state index contributed by atoms with van der Waals surface area (Å²) in [7, 11) is 1.70. The van der Waals surface area contributed by atoms with Crippen LogP contribution in [0.25, 0.3) is 0 Å². The molecule has 2 heterocycles. The zero-order valence-electron chi connectivity index (χ0n) is 18.2. The third kappa shape index (κ3) is 6.80. The summed E-state index contributed by atoms with van der Waals surface area (Å²) in [5.41, 5.74) is 1.12. The minimum absolute atomic E-state index is 0. The van der Waals surface area contributed by atoms with E-state index >= 15 is 0 Å². The number of fused-ring (bicyclic) bond motifs is 1. The third-order valence-electron chi connectivity index (χ3n) is 5.45. The lowest BCUT2D eigenvalue weighted by molar-refractivity contribution is -0.0292. The van der Waals surface area contributed by atoms with E-state index in [0.717, 1.165) is 49.1 Å². The summed E-state index contributed by atoms with van der Waals surface area (Å²) in [6.07, 6.45) is -0.684. The lowest BCUT2D eigenvalue weighted by Crippen LogP contribution is -3.00. The van der Waals surface area contributed by atoms with E-state index in [1.54, 1.807) is 7.11 Å². The highest BCUT2D eigenvalue weighted by molar-refractivity contribution is 5.58. The second-order valence-corrected chi connectivity index (χ2v) is 7.65. The van der Waals surface area contributed by atoms with Gasteiger partial charge < -0.3 is 53.8 Å². The van der Waals surface area contributed by atoms with E-state index in [0.29, 0.717) is 19.8 Å². The first-order valence-corrected chi connectivity index (χ1v) is 10.5. The van der Waals surface area contributed by atoms with Gasteiger partial charge in [0, 0.05) is 32.7 Å². The van der Waals surface area contributed by atoms with Crippen LogP contribution in [0.2, 0.25) is 0 Å². The number of aliphatic hydroxyl groups excluding tert-OH is 1. The number of para-hydroxylation sites is 4. The molecule has 2 atom stereocenters. The zero-order valence-corrected chi connectivity index (χ0v) is 19.7. The van der Waals surface area contributed by atoms with Gasteiger partial charge in [-0.05, 0) is 24.3 Å². The van der Waals surface area contributed by atoms with Crippen molar-refractivity contribution in [3.05, 3.63) is 48.5 Å². The Hall–Kier alpha value is -1.90. The minimum Gasteiger partial charge on any atom is -1.00 e. The molecule has 1 saturated heterocycles. The highest BCUT2D eigenvalue weighted by atomic mass is 35.5. The number of benzene rings is 2. The van der Waals surface area contributed by atoms with Gasteiger partial charge in [-0.2, -0.15) is 0 Å². The van der Waals surface area contributed by atoms with Crippen molar-refractivity contribution >= 4 is 5.69 Å². The van der Waals surface area contributed by atoms with Crippen LogP contribution in [0.4, 0.5) is 5.69 Å². The van der Waals surface area contributed by atoms with Crippen molar-refractivity contribution in [1.82, 2.24) is 4.90 Å². The van der Waals surface area contributed by atoms with Crippen LogP contribution in [0.1, 0.15) is 0 Å². The first-order chi connectivity index (χ1) is 14.7. The van der Waals surface area contributed by atoms with E-state index in [9.17, 15) is 5.11 Å². The molecule has 0 aromatic heterocycles. The average Bonchev–Trinajstić information content (AvgIpc) is 2.79. The largest absolute Gasteiger partial charge is 1.00 e. The van der Waals surface area contributed by atoms with Crippen LogP contribution in [0.15, 0.2) is 48.5 Å². The molecule has 2 unspecified atom stereocenters. The number of aliphatic hydroxyl groups is 1. The number of halogens is 2. The first-order valence-electron chi connectivity index (χ1n) is 10.5. The molecule has 4 rings (SSSR count). The molecule has 32 heavy (non-hydrogen) atoms. The van der Waals surface area contributed by atoms with Gasteiger partial charge in [0.2, 0.25) is 0 Å². The van der Waals surface area contributed by atoms with Crippen molar-refractivity contribution in [2.75, 3.05) is 64.6 Å². The zero-order chi connectivity index (χ0) is 20.8. The lowest BCUT2D eigenvalue weighted by Gasteiger charge is -2.37. The number of nitrogens with zero attached hydrogens (tertiary/aromatic N) is 2. The molecule has 178 valence electrons. The van der Waals surface area contributed by atoms with Crippen molar-refractivity contribution in [3.8, 4) is 17.2 Å². The minimum atomic E-state index is -0.528. The molecule has 7 nitrogen and oxygen atoms in total. The van der Waals surface area contributed by atoms with Gasteiger partial charge in [0.1, 0.15) is 12.4 Å². The third-order valence-corrected chi connectivity index (χ3v) is 5.45. The summed E-state index contributed by atoms with van der Waals surface area (Å²) in [6, 6.07) is 15.7. The SMILES string of the molecule is COc1ccccc1N1CCN(CC(O)COCC2COc3ccccc3O2)CC1.[Cl-].[Cl-]. The Morgan fingerprint density at radius 2 is 1.69 bits per heavy atom.